The fourth-order valence-electron chi connectivity index (χ4n) is 2.23. The van der Waals surface area contributed by atoms with Crippen molar-refractivity contribution in [3.8, 4) is 5.75 Å². The lowest BCUT2D eigenvalue weighted by Crippen LogP contribution is -2.34. The zero-order chi connectivity index (χ0) is 14.1. The van der Waals surface area contributed by atoms with E-state index < -0.39 is 0 Å². The quantitative estimate of drug-likeness (QED) is 0.713. The molecule has 0 saturated carbocycles. The molecule has 0 aliphatic heterocycles. The van der Waals surface area contributed by atoms with Gasteiger partial charge in [0.05, 0.1) is 6.61 Å². The van der Waals surface area contributed by atoms with Gasteiger partial charge in [0.25, 0.3) is 0 Å². The number of hydrogen-bond acceptors (Lipinski definition) is 2. The molecule has 0 fully saturated rings. The minimum absolute atomic E-state index is 0.566. The van der Waals surface area contributed by atoms with Crippen LogP contribution in [0, 0.1) is 5.92 Å². The maximum Gasteiger partial charge on any atom is 0.120 e. The van der Waals surface area contributed by atoms with Crippen LogP contribution in [0.15, 0.2) is 28.7 Å². The van der Waals surface area contributed by atoms with E-state index in [0.717, 1.165) is 29.8 Å². The fourth-order valence-corrected chi connectivity index (χ4v) is 2.61. The van der Waals surface area contributed by atoms with Gasteiger partial charge in [-0.15, -0.1) is 0 Å². The Morgan fingerprint density at radius 1 is 1.32 bits per heavy atom. The van der Waals surface area contributed by atoms with Crippen molar-refractivity contribution in [2.45, 2.75) is 46.1 Å². The number of benzene rings is 1. The van der Waals surface area contributed by atoms with Gasteiger partial charge in [-0.2, -0.15) is 0 Å². The van der Waals surface area contributed by atoms with E-state index in [1.807, 2.05) is 24.3 Å². The summed E-state index contributed by atoms with van der Waals surface area (Å²) in [6, 6.07) is 8.60. The van der Waals surface area contributed by atoms with Crippen molar-refractivity contribution in [3.05, 3.63) is 28.7 Å². The lowest BCUT2D eigenvalue weighted by atomic mass is 9.95. The van der Waals surface area contributed by atoms with E-state index in [9.17, 15) is 0 Å². The molecular formula is C16H26BrNO. The van der Waals surface area contributed by atoms with Gasteiger partial charge in [-0.1, -0.05) is 42.3 Å². The van der Waals surface area contributed by atoms with E-state index >= 15 is 0 Å². The van der Waals surface area contributed by atoms with Crippen LogP contribution in [0.2, 0.25) is 0 Å². The molecule has 2 nitrogen and oxygen atoms in total. The first-order valence-corrected chi connectivity index (χ1v) is 8.08. The third-order valence-electron chi connectivity index (χ3n) is 3.50. The van der Waals surface area contributed by atoms with Gasteiger partial charge in [0.2, 0.25) is 0 Å². The minimum Gasteiger partial charge on any atom is -0.494 e. The van der Waals surface area contributed by atoms with Crippen LogP contribution in [0.1, 0.15) is 40.0 Å². The number of hydrogen-bond donors (Lipinski definition) is 1. The van der Waals surface area contributed by atoms with Gasteiger partial charge >= 0.3 is 0 Å². The summed E-state index contributed by atoms with van der Waals surface area (Å²) in [7, 11) is 0. The van der Waals surface area contributed by atoms with Gasteiger partial charge in [0, 0.05) is 10.5 Å². The predicted molar refractivity (Wildman–Crippen MR) is 85.8 cm³/mol. The van der Waals surface area contributed by atoms with Crippen LogP contribution in [0.25, 0.3) is 0 Å². The minimum atomic E-state index is 0.566. The molecule has 0 aliphatic carbocycles. The van der Waals surface area contributed by atoms with E-state index in [1.165, 1.54) is 12.8 Å². The second-order valence-corrected chi connectivity index (χ2v) is 5.92. The van der Waals surface area contributed by atoms with Crippen molar-refractivity contribution < 1.29 is 4.74 Å². The first-order chi connectivity index (χ1) is 9.17. The molecule has 1 aromatic carbocycles. The molecule has 0 radical (unpaired) electrons. The molecule has 0 heterocycles. The molecule has 0 bridgehead atoms. The van der Waals surface area contributed by atoms with Crippen molar-refractivity contribution in [1.82, 2.24) is 5.32 Å². The van der Waals surface area contributed by atoms with Crippen LogP contribution in [0.5, 0.6) is 5.75 Å². The van der Waals surface area contributed by atoms with Gasteiger partial charge in [0.1, 0.15) is 5.75 Å². The van der Waals surface area contributed by atoms with Crippen LogP contribution < -0.4 is 10.1 Å². The number of rotatable bonds is 9. The molecule has 19 heavy (non-hydrogen) atoms. The van der Waals surface area contributed by atoms with Gasteiger partial charge in [-0.3, -0.25) is 0 Å². The largest absolute Gasteiger partial charge is 0.494 e. The standard InChI is InChI=1S/C16H26BrNO/c1-4-10-18-13(3)14(5-2)9-11-19-16-8-6-7-15(17)12-16/h6-8,12-14,18H,4-5,9-11H2,1-3H3. The highest BCUT2D eigenvalue weighted by atomic mass is 79.9. The van der Waals surface area contributed by atoms with E-state index in [0.29, 0.717) is 12.0 Å². The molecule has 108 valence electrons. The molecular weight excluding hydrogens is 302 g/mol. The summed E-state index contributed by atoms with van der Waals surface area (Å²) in [4.78, 5) is 0. The normalized spacial score (nSPS) is 14.1. The summed E-state index contributed by atoms with van der Waals surface area (Å²) in [6.07, 6.45) is 3.48. The zero-order valence-electron chi connectivity index (χ0n) is 12.3. The van der Waals surface area contributed by atoms with Crippen LogP contribution in [0.4, 0.5) is 0 Å². The van der Waals surface area contributed by atoms with Gasteiger partial charge < -0.3 is 10.1 Å². The van der Waals surface area contributed by atoms with Crippen LogP contribution in [-0.2, 0) is 0 Å². The highest BCUT2D eigenvalue weighted by Crippen LogP contribution is 2.19. The third-order valence-corrected chi connectivity index (χ3v) is 3.99. The van der Waals surface area contributed by atoms with Crippen molar-refractivity contribution in [2.75, 3.05) is 13.2 Å². The molecule has 0 saturated heterocycles. The van der Waals surface area contributed by atoms with E-state index in [2.05, 4.69) is 42.0 Å². The summed E-state index contributed by atoms with van der Waals surface area (Å²) in [5, 5.41) is 3.58. The topological polar surface area (TPSA) is 21.3 Å². The van der Waals surface area contributed by atoms with Gasteiger partial charge in [0.15, 0.2) is 0 Å². The second-order valence-electron chi connectivity index (χ2n) is 5.01. The zero-order valence-corrected chi connectivity index (χ0v) is 13.9. The fraction of sp³-hybridized carbons (Fsp3) is 0.625. The molecule has 2 unspecified atom stereocenters. The molecule has 2 atom stereocenters. The summed E-state index contributed by atoms with van der Waals surface area (Å²) < 4.78 is 6.88. The number of nitrogens with one attached hydrogen (secondary N) is 1. The predicted octanol–water partition coefficient (Wildman–Crippen LogP) is 4.63. The highest BCUT2D eigenvalue weighted by Gasteiger charge is 2.14. The first-order valence-electron chi connectivity index (χ1n) is 7.29. The maximum absolute atomic E-state index is 5.82. The Labute approximate surface area is 126 Å². The van der Waals surface area contributed by atoms with Gasteiger partial charge in [-0.05, 0) is 50.4 Å². The monoisotopic (exact) mass is 327 g/mol. The summed E-state index contributed by atoms with van der Waals surface area (Å²) >= 11 is 3.46. The SMILES string of the molecule is CCCNC(C)C(CC)CCOc1cccc(Br)c1. The van der Waals surface area contributed by atoms with E-state index in [-0.39, 0.29) is 0 Å². The van der Waals surface area contributed by atoms with Gasteiger partial charge in [-0.25, -0.2) is 0 Å². The lowest BCUT2D eigenvalue weighted by molar-refractivity contribution is 0.247. The van der Waals surface area contributed by atoms with Crippen molar-refractivity contribution >= 4 is 15.9 Å². The van der Waals surface area contributed by atoms with Crippen molar-refractivity contribution in [2.24, 2.45) is 5.92 Å². The molecule has 0 aromatic heterocycles. The van der Waals surface area contributed by atoms with Crippen molar-refractivity contribution in [1.29, 1.82) is 0 Å². The highest BCUT2D eigenvalue weighted by molar-refractivity contribution is 9.10. The molecule has 1 rings (SSSR count). The Bertz CT molecular complexity index is 356. The Morgan fingerprint density at radius 2 is 2.11 bits per heavy atom. The number of ether oxygens (including phenoxy) is 1. The molecule has 0 aliphatic rings. The van der Waals surface area contributed by atoms with Crippen LogP contribution in [0.3, 0.4) is 0 Å². The average Bonchev–Trinajstić information content (AvgIpc) is 2.41. The molecule has 0 amide bonds. The molecule has 3 heteroatoms. The Kier molecular flexibility index (Phi) is 8.15. The van der Waals surface area contributed by atoms with Crippen LogP contribution >= 0.6 is 15.9 Å². The average molecular weight is 328 g/mol. The van der Waals surface area contributed by atoms with Crippen molar-refractivity contribution in [3.63, 3.8) is 0 Å². The number of halogens is 1. The lowest BCUT2D eigenvalue weighted by Gasteiger charge is -2.23. The summed E-state index contributed by atoms with van der Waals surface area (Å²) in [5.74, 6) is 1.62. The molecule has 1 aromatic rings. The Hall–Kier alpha value is -0.540. The molecule has 1 N–H and O–H groups in total. The Balaban J connectivity index is 2.33. The summed E-state index contributed by atoms with van der Waals surface area (Å²) in [6.45, 7) is 8.63. The van der Waals surface area contributed by atoms with E-state index in [4.69, 9.17) is 4.74 Å². The Morgan fingerprint density at radius 3 is 2.74 bits per heavy atom. The molecule has 0 spiro atoms. The van der Waals surface area contributed by atoms with Crippen LogP contribution in [-0.4, -0.2) is 19.2 Å². The third kappa shape index (κ3) is 6.44. The first kappa shape index (κ1) is 16.5. The second kappa shape index (κ2) is 9.38. The van der Waals surface area contributed by atoms with E-state index in [1.54, 1.807) is 0 Å². The summed E-state index contributed by atoms with van der Waals surface area (Å²) in [5.41, 5.74) is 0. The maximum atomic E-state index is 5.82. The smallest absolute Gasteiger partial charge is 0.120 e.